The number of piperidine rings is 1. The summed E-state index contributed by atoms with van der Waals surface area (Å²) in [5.74, 6) is 0. The molecule has 0 bridgehead atoms. The van der Waals surface area contributed by atoms with Gasteiger partial charge in [0.05, 0.1) is 18.3 Å². The second-order valence-electron chi connectivity index (χ2n) is 4.06. The van der Waals surface area contributed by atoms with E-state index in [1.807, 2.05) is 6.92 Å². The molecule has 76 valence electrons. The first-order valence-corrected chi connectivity index (χ1v) is 5.31. The van der Waals surface area contributed by atoms with E-state index in [-0.39, 0.29) is 5.60 Å². The molecule has 13 heavy (non-hydrogen) atoms. The lowest BCUT2D eigenvalue weighted by Crippen LogP contribution is -2.45. The van der Waals surface area contributed by atoms with Crippen molar-refractivity contribution in [3.63, 3.8) is 0 Å². The highest BCUT2D eigenvalue weighted by atomic mass is 16.6. The summed E-state index contributed by atoms with van der Waals surface area (Å²) in [5.41, 5.74) is 0.109. The molecule has 3 nitrogen and oxygen atoms in total. The Balaban J connectivity index is 1.87. The quantitative estimate of drug-likeness (QED) is 0.694. The summed E-state index contributed by atoms with van der Waals surface area (Å²) >= 11 is 0. The lowest BCUT2D eigenvalue weighted by Gasteiger charge is -2.32. The predicted molar refractivity (Wildman–Crippen MR) is 50.8 cm³/mol. The van der Waals surface area contributed by atoms with Crippen molar-refractivity contribution in [2.24, 2.45) is 0 Å². The molecular weight excluding hydrogens is 166 g/mol. The van der Waals surface area contributed by atoms with Crippen LogP contribution in [0.2, 0.25) is 0 Å². The molecule has 0 amide bonds. The largest absolute Gasteiger partial charge is 0.376 e. The Morgan fingerprint density at radius 3 is 3.23 bits per heavy atom. The van der Waals surface area contributed by atoms with Crippen molar-refractivity contribution in [3.8, 4) is 0 Å². The minimum Gasteiger partial charge on any atom is -0.376 e. The molecule has 2 saturated heterocycles. The summed E-state index contributed by atoms with van der Waals surface area (Å²) in [6.45, 7) is 5.79. The molecule has 3 heteroatoms. The van der Waals surface area contributed by atoms with E-state index in [9.17, 15) is 0 Å². The molecular formula is C10H19NO2. The number of hydrogen-bond donors (Lipinski definition) is 1. The lowest BCUT2D eigenvalue weighted by molar-refractivity contribution is -0.0181. The Morgan fingerprint density at radius 1 is 1.62 bits per heavy atom. The zero-order valence-corrected chi connectivity index (χ0v) is 8.34. The van der Waals surface area contributed by atoms with E-state index in [1.54, 1.807) is 0 Å². The summed E-state index contributed by atoms with van der Waals surface area (Å²) in [6, 6.07) is 0. The molecule has 0 saturated carbocycles. The van der Waals surface area contributed by atoms with Gasteiger partial charge in [0.1, 0.15) is 0 Å². The molecule has 2 aliphatic rings. The van der Waals surface area contributed by atoms with Gasteiger partial charge in [-0.1, -0.05) is 0 Å². The van der Waals surface area contributed by atoms with Gasteiger partial charge in [0.15, 0.2) is 0 Å². The second-order valence-corrected chi connectivity index (χ2v) is 4.06. The molecule has 1 N–H and O–H groups in total. The van der Waals surface area contributed by atoms with Crippen molar-refractivity contribution in [2.45, 2.75) is 37.9 Å². The fourth-order valence-corrected chi connectivity index (χ4v) is 2.38. The smallest absolute Gasteiger partial charge is 0.0836 e. The number of rotatable bonds is 2. The highest BCUT2D eigenvalue weighted by Crippen LogP contribution is 2.33. The van der Waals surface area contributed by atoms with Crippen LogP contribution in [-0.4, -0.2) is 38.0 Å². The fourth-order valence-electron chi connectivity index (χ4n) is 2.38. The minimum absolute atomic E-state index is 0.109. The first-order chi connectivity index (χ1) is 6.35. The Kier molecular flexibility index (Phi) is 2.86. The summed E-state index contributed by atoms with van der Waals surface area (Å²) in [7, 11) is 0. The monoisotopic (exact) mass is 185 g/mol. The van der Waals surface area contributed by atoms with Crippen molar-refractivity contribution in [3.05, 3.63) is 0 Å². The van der Waals surface area contributed by atoms with Crippen LogP contribution in [0.4, 0.5) is 0 Å². The average molecular weight is 185 g/mol. The normalized spacial score (nSPS) is 39.9. The maximum Gasteiger partial charge on any atom is 0.0836 e. The maximum atomic E-state index is 5.86. The van der Waals surface area contributed by atoms with Crippen LogP contribution in [0.5, 0.6) is 0 Å². The van der Waals surface area contributed by atoms with Crippen LogP contribution in [0.1, 0.15) is 26.2 Å². The first-order valence-electron chi connectivity index (χ1n) is 5.31. The molecule has 2 heterocycles. The number of hydrogen-bond acceptors (Lipinski definition) is 3. The van der Waals surface area contributed by atoms with E-state index >= 15 is 0 Å². The fraction of sp³-hybridized carbons (Fsp3) is 1.00. The molecule has 2 fully saturated rings. The van der Waals surface area contributed by atoms with Gasteiger partial charge in [0.25, 0.3) is 0 Å². The van der Waals surface area contributed by atoms with Crippen molar-refractivity contribution in [1.29, 1.82) is 0 Å². The Morgan fingerprint density at radius 2 is 2.54 bits per heavy atom. The zero-order valence-electron chi connectivity index (χ0n) is 8.34. The van der Waals surface area contributed by atoms with Gasteiger partial charge in [0.2, 0.25) is 0 Å². The molecule has 1 spiro atoms. The SMILES string of the molecule is CCO[C@H]1CO[C@]2(CCCNC2)C1. The van der Waals surface area contributed by atoms with Crippen molar-refractivity contribution < 1.29 is 9.47 Å². The van der Waals surface area contributed by atoms with Gasteiger partial charge in [-0.2, -0.15) is 0 Å². The molecule has 0 unspecified atom stereocenters. The van der Waals surface area contributed by atoms with E-state index < -0.39 is 0 Å². The third-order valence-electron chi connectivity index (χ3n) is 3.01. The number of nitrogens with one attached hydrogen (secondary N) is 1. The summed E-state index contributed by atoms with van der Waals surface area (Å²) in [4.78, 5) is 0. The van der Waals surface area contributed by atoms with Gasteiger partial charge in [-0.25, -0.2) is 0 Å². The predicted octanol–water partition coefficient (Wildman–Crippen LogP) is 0.934. The first kappa shape index (κ1) is 9.44. The highest BCUT2D eigenvalue weighted by Gasteiger charge is 2.41. The molecule has 2 atom stereocenters. The van der Waals surface area contributed by atoms with Gasteiger partial charge < -0.3 is 14.8 Å². The van der Waals surface area contributed by atoms with Gasteiger partial charge in [-0.05, 0) is 26.3 Å². The minimum atomic E-state index is 0.109. The van der Waals surface area contributed by atoms with E-state index in [1.165, 1.54) is 12.8 Å². The molecule has 2 aliphatic heterocycles. The highest BCUT2D eigenvalue weighted by molar-refractivity contribution is 4.94. The molecule has 0 radical (unpaired) electrons. The number of ether oxygens (including phenoxy) is 2. The van der Waals surface area contributed by atoms with E-state index in [0.29, 0.717) is 6.10 Å². The maximum absolute atomic E-state index is 5.86. The average Bonchev–Trinajstić information content (AvgIpc) is 2.51. The third-order valence-corrected chi connectivity index (χ3v) is 3.01. The molecule has 0 aliphatic carbocycles. The van der Waals surface area contributed by atoms with E-state index in [4.69, 9.17) is 9.47 Å². The van der Waals surface area contributed by atoms with Crippen LogP contribution in [-0.2, 0) is 9.47 Å². The second kappa shape index (κ2) is 3.95. The van der Waals surface area contributed by atoms with Gasteiger partial charge in [-0.15, -0.1) is 0 Å². The van der Waals surface area contributed by atoms with Crippen LogP contribution in [0, 0.1) is 0 Å². The summed E-state index contributed by atoms with van der Waals surface area (Å²) in [5, 5.41) is 3.40. The standard InChI is InChI=1S/C10H19NO2/c1-2-12-9-6-10(13-7-9)4-3-5-11-8-10/h9,11H,2-8H2,1H3/t9-,10-/m1/s1. The summed E-state index contributed by atoms with van der Waals surface area (Å²) < 4.78 is 11.4. The van der Waals surface area contributed by atoms with Gasteiger partial charge in [0, 0.05) is 19.6 Å². The lowest BCUT2D eigenvalue weighted by atomic mass is 9.90. The Labute approximate surface area is 79.8 Å². The van der Waals surface area contributed by atoms with Crippen LogP contribution in [0.3, 0.4) is 0 Å². The molecule has 0 aromatic carbocycles. The van der Waals surface area contributed by atoms with Crippen LogP contribution in [0.15, 0.2) is 0 Å². The van der Waals surface area contributed by atoms with Gasteiger partial charge in [-0.3, -0.25) is 0 Å². The van der Waals surface area contributed by atoms with Crippen LogP contribution < -0.4 is 5.32 Å². The van der Waals surface area contributed by atoms with Crippen molar-refractivity contribution >= 4 is 0 Å². The van der Waals surface area contributed by atoms with Crippen molar-refractivity contribution in [2.75, 3.05) is 26.3 Å². The third kappa shape index (κ3) is 2.03. The molecule has 0 aromatic rings. The van der Waals surface area contributed by atoms with Crippen LogP contribution in [0.25, 0.3) is 0 Å². The van der Waals surface area contributed by atoms with Gasteiger partial charge >= 0.3 is 0 Å². The Bertz CT molecular complexity index is 166. The van der Waals surface area contributed by atoms with Crippen LogP contribution >= 0.6 is 0 Å². The van der Waals surface area contributed by atoms with E-state index in [2.05, 4.69) is 5.32 Å². The van der Waals surface area contributed by atoms with E-state index in [0.717, 1.165) is 32.7 Å². The Hall–Kier alpha value is -0.120. The summed E-state index contributed by atoms with van der Waals surface area (Å²) in [6.07, 6.45) is 3.85. The zero-order chi connectivity index (χ0) is 9.15. The topological polar surface area (TPSA) is 30.5 Å². The molecule has 2 rings (SSSR count). The molecule has 0 aromatic heterocycles. The van der Waals surface area contributed by atoms with Crippen molar-refractivity contribution in [1.82, 2.24) is 5.32 Å².